The van der Waals surface area contributed by atoms with E-state index >= 15 is 0 Å². The van der Waals surface area contributed by atoms with Gasteiger partial charge in [0, 0.05) is 38.2 Å². The zero-order valence-corrected chi connectivity index (χ0v) is 25.3. The molecule has 6 aromatic carbocycles. The van der Waals surface area contributed by atoms with Crippen LogP contribution in [0.2, 0.25) is 0 Å². The highest BCUT2D eigenvalue weighted by Gasteiger charge is 2.42. The Hall–Kier alpha value is -5.08. The van der Waals surface area contributed by atoms with Crippen molar-refractivity contribution in [1.29, 1.82) is 0 Å². The first kappa shape index (κ1) is 24.4. The molecule has 8 aromatic rings. The molecular weight excluding hydrogens is 534 g/mol. The minimum absolute atomic E-state index is 0.0801. The van der Waals surface area contributed by atoms with Crippen LogP contribution in [0.3, 0.4) is 0 Å². The lowest BCUT2D eigenvalue weighted by Crippen LogP contribution is -2.15. The molecule has 0 bridgehead atoms. The number of fused-ring (bicyclic) bond motifs is 15. The number of aromatic nitrogens is 1. The van der Waals surface area contributed by atoms with Gasteiger partial charge in [0.1, 0.15) is 11.2 Å². The molecule has 0 saturated carbocycles. The van der Waals surface area contributed by atoms with E-state index in [4.69, 9.17) is 4.42 Å². The third-order valence-electron chi connectivity index (χ3n) is 10.8. The van der Waals surface area contributed by atoms with Crippen molar-refractivity contribution in [2.75, 3.05) is 0 Å². The maximum absolute atomic E-state index is 6.88. The highest BCUT2D eigenvalue weighted by atomic mass is 16.3. The number of para-hydroxylation sites is 2. The van der Waals surface area contributed by atoms with Crippen LogP contribution in [0.1, 0.15) is 49.9 Å². The van der Waals surface area contributed by atoms with Gasteiger partial charge in [0.15, 0.2) is 0 Å². The van der Waals surface area contributed by atoms with E-state index in [-0.39, 0.29) is 10.8 Å². The van der Waals surface area contributed by atoms with Crippen LogP contribution >= 0.6 is 0 Å². The van der Waals surface area contributed by atoms with Crippen molar-refractivity contribution in [2.45, 2.75) is 38.5 Å². The first-order chi connectivity index (χ1) is 21.4. The van der Waals surface area contributed by atoms with Crippen LogP contribution in [0.15, 0.2) is 120 Å². The Kier molecular flexibility index (Phi) is 4.37. The van der Waals surface area contributed by atoms with Gasteiger partial charge in [0.2, 0.25) is 0 Å². The molecule has 210 valence electrons. The largest absolute Gasteiger partial charge is 0.455 e. The molecule has 0 spiro atoms. The number of rotatable bonds is 1. The molecule has 0 amide bonds. The topological polar surface area (TPSA) is 18.1 Å². The molecule has 0 saturated heterocycles. The number of hydrogen-bond donors (Lipinski definition) is 0. The van der Waals surface area contributed by atoms with Gasteiger partial charge in [0.25, 0.3) is 0 Å². The Morgan fingerprint density at radius 2 is 1.18 bits per heavy atom. The van der Waals surface area contributed by atoms with Gasteiger partial charge >= 0.3 is 0 Å². The summed E-state index contributed by atoms with van der Waals surface area (Å²) in [7, 11) is 0. The summed E-state index contributed by atoms with van der Waals surface area (Å²) in [5.41, 5.74) is 16.1. The van der Waals surface area contributed by atoms with Crippen LogP contribution in [0.25, 0.3) is 71.7 Å². The molecule has 0 fully saturated rings. The summed E-state index contributed by atoms with van der Waals surface area (Å²) in [5, 5.41) is 4.86. The Morgan fingerprint density at radius 1 is 0.545 bits per heavy atom. The fraction of sp³-hybridized carbons (Fsp3) is 0.143. The van der Waals surface area contributed by atoms with E-state index < -0.39 is 0 Å². The minimum atomic E-state index is -0.187. The summed E-state index contributed by atoms with van der Waals surface area (Å²) < 4.78 is 9.40. The minimum Gasteiger partial charge on any atom is -0.455 e. The maximum atomic E-state index is 6.88. The summed E-state index contributed by atoms with van der Waals surface area (Å²) in [6, 6.07) is 42.4. The molecule has 10 rings (SSSR count). The van der Waals surface area contributed by atoms with Gasteiger partial charge in [-0.05, 0) is 63.2 Å². The van der Waals surface area contributed by atoms with Gasteiger partial charge in [-0.2, -0.15) is 0 Å². The summed E-state index contributed by atoms with van der Waals surface area (Å²) in [5.74, 6) is 0. The van der Waals surface area contributed by atoms with Crippen molar-refractivity contribution in [2.24, 2.45) is 0 Å². The lowest BCUT2D eigenvalue weighted by atomic mass is 9.80. The standard InChI is InChI=1S/C42H31NO/c1-41(2)30-17-9-5-13-25(30)26-22-21-24(23-32(26)41)43-33-19-11-7-15-28(33)37-39(43)35-27-14-6-10-18-31(27)42(3,4)38(35)36-29-16-8-12-20-34(29)44-40(36)37/h5-23H,1-4H3. The van der Waals surface area contributed by atoms with Crippen LogP contribution in [-0.4, -0.2) is 4.57 Å². The molecule has 0 aliphatic heterocycles. The zero-order valence-electron chi connectivity index (χ0n) is 25.3. The molecular formula is C42H31NO. The lowest BCUT2D eigenvalue weighted by Gasteiger charge is -2.23. The van der Waals surface area contributed by atoms with Crippen LogP contribution < -0.4 is 0 Å². The molecule has 0 N–H and O–H groups in total. The van der Waals surface area contributed by atoms with E-state index in [2.05, 4.69) is 148 Å². The summed E-state index contributed by atoms with van der Waals surface area (Å²) in [4.78, 5) is 0. The second kappa shape index (κ2) is 7.89. The fourth-order valence-corrected chi connectivity index (χ4v) is 8.79. The van der Waals surface area contributed by atoms with Gasteiger partial charge in [-0.15, -0.1) is 0 Å². The molecule has 2 aliphatic carbocycles. The monoisotopic (exact) mass is 565 g/mol. The zero-order chi connectivity index (χ0) is 29.5. The molecule has 2 heterocycles. The highest BCUT2D eigenvalue weighted by Crippen LogP contribution is 2.58. The highest BCUT2D eigenvalue weighted by molar-refractivity contribution is 6.29. The van der Waals surface area contributed by atoms with Crippen LogP contribution in [0, 0.1) is 0 Å². The van der Waals surface area contributed by atoms with E-state index in [0.717, 1.165) is 11.2 Å². The number of furan rings is 1. The Labute approximate surface area is 256 Å². The molecule has 2 heteroatoms. The average Bonchev–Trinajstić information content (AvgIpc) is 3.72. The molecule has 2 aromatic heterocycles. The molecule has 0 atom stereocenters. The fourth-order valence-electron chi connectivity index (χ4n) is 8.79. The first-order valence-electron chi connectivity index (χ1n) is 15.6. The van der Waals surface area contributed by atoms with Gasteiger partial charge in [0.05, 0.1) is 16.4 Å². The molecule has 0 unspecified atom stereocenters. The van der Waals surface area contributed by atoms with E-state index in [9.17, 15) is 0 Å². The van der Waals surface area contributed by atoms with Gasteiger partial charge < -0.3 is 8.98 Å². The third-order valence-corrected chi connectivity index (χ3v) is 10.8. The van der Waals surface area contributed by atoms with Gasteiger partial charge in [-0.1, -0.05) is 119 Å². The predicted molar refractivity (Wildman–Crippen MR) is 183 cm³/mol. The van der Waals surface area contributed by atoms with Crippen molar-refractivity contribution < 1.29 is 4.42 Å². The van der Waals surface area contributed by atoms with Crippen LogP contribution in [0.4, 0.5) is 0 Å². The van der Waals surface area contributed by atoms with E-state index in [1.54, 1.807) is 0 Å². The average molecular weight is 566 g/mol. The van der Waals surface area contributed by atoms with E-state index in [1.165, 1.54) is 82.8 Å². The Balaban J connectivity index is 1.43. The smallest absolute Gasteiger partial charge is 0.145 e. The van der Waals surface area contributed by atoms with Crippen molar-refractivity contribution >= 4 is 43.7 Å². The van der Waals surface area contributed by atoms with Crippen molar-refractivity contribution in [3.8, 4) is 27.9 Å². The molecule has 0 radical (unpaired) electrons. The van der Waals surface area contributed by atoms with Crippen molar-refractivity contribution in [3.63, 3.8) is 0 Å². The molecule has 2 nitrogen and oxygen atoms in total. The summed E-state index contributed by atoms with van der Waals surface area (Å²) >= 11 is 0. The number of hydrogen-bond acceptors (Lipinski definition) is 1. The van der Waals surface area contributed by atoms with Crippen LogP contribution in [0.5, 0.6) is 0 Å². The first-order valence-corrected chi connectivity index (χ1v) is 15.6. The Morgan fingerprint density at radius 3 is 2.00 bits per heavy atom. The van der Waals surface area contributed by atoms with E-state index in [0.29, 0.717) is 0 Å². The SMILES string of the molecule is CC1(C)c2ccccc2-c2ccc(-n3c4ccccc4c4c5oc6ccccc6c5c5c(c43)-c3ccccc3C5(C)C)cc21. The van der Waals surface area contributed by atoms with Gasteiger partial charge in [-0.3, -0.25) is 0 Å². The maximum Gasteiger partial charge on any atom is 0.145 e. The summed E-state index contributed by atoms with van der Waals surface area (Å²) in [6.45, 7) is 9.49. The molecule has 44 heavy (non-hydrogen) atoms. The number of nitrogens with zero attached hydrogens (tertiary/aromatic N) is 1. The normalized spacial score (nSPS) is 15.6. The van der Waals surface area contributed by atoms with Crippen LogP contribution in [-0.2, 0) is 10.8 Å². The van der Waals surface area contributed by atoms with Crippen molar-refractivity contribution in [3.05, 3.63) is 138 Å². The third kappa shape index (κ3) is 2.74. The Bertz CT molecular complexity index is 2550. The van der Waals surface area contributed by atoms with Crippen molar-refractivity contribution in [1.82, 2.24) is 4.57 Å². The van der Waals surface area contributed by atoms with Gasteiger partial charge in [-0.25, -0.2) is 0 Å². The number of benzene rings is 6. The molecule has 2 aliphatic rings. The second-order valence-electron chi connectivity index (χ2n) is 13.7. The predicted octanol–water partition coefficient (Wildman–Crippen LogP) is 11.3. The summed E-state index contributed by atoms with van der Waals surface area (Å²) in [6.07, 6.45) is 0. The quantitative estimate of drug-likeness (QED) is 0.194. The lowest BCUT2D eigenvalue weighted by molar-refractivity contribution is 0.659. The van der Waals surface area contributed by atoms with E-state index in [1.807, 2.05) is 0 Å². The second-order valence-corrected chi connectivity index (χ2v) is 13.7.